The molecule has 2 aromatic heterocycles. The first-order valence-corrected chi connectivity index (χ1v) is 9.45. The zero-order valence-electron chi connectivity index (χ0n) is 16.3. The smallest absolute Gasteiger partial charge is 0.228 e. The summed E-state index contributed by atoms with van der Waals surface area (Å²) in [5, 5.41) is 0. The molecule has 29 heavy (non-hydrogen) atoms. The van der Waals surface area contributed by atoms with E-state index in [2.05, 4.69) is 15.0 Å². The molecule has 1 fully saturated rings. The number of rotatable bonds is 6. The minimum Gasteiger partial charge on any atom is -0.480 e. The van der Waals surface area contributed by atoms with Crippen LogP contribution < -0.4 is 9.64 Å². The van der Waals surface area contributed by atoms with Gasteiger partial charge in [-0.1, -0.05) is 30.3 Å². The van der Waals surface area contributed by atoms with Crippen LogP contribution in [0.5, 0.6) is 5.88 Å². The van der Waals surface area contributed by atoms with Crippen LogP contribution in [0.1, 0.15) is 18.5 Å². The number of pyridine rings is 1. The van der Waals surface area contributed by atoms with Crippen LogP contribution in [0.2, 0.25) is 0 Å². The van der Waals surface area contributed by atoms with Crippen molar-refractivity contribution in [3.8, 4) is 17.0 Å². The summed E-state index contributed by atoms with van der Waals surface area (Å²) in [6, 6.07) is 12.6. The molecule has 4 rings (SSSR count). The third-order valence-electron chi connectivity index (χ3n) is 5.39. The molecule has 0 bridgehead atoms. The molecule has 0 saturated heterocycles. The number of aromatic nitrogens is 3. The lowest BCUT2D eigenvalue weighted by Crippen LogP contribution is -2.51. The standard InChI is InChI=1S/C22H22F2N4O/c1-28(14-22(11-16(23)12-22)19-18(24)9-6-10-25-19)21-26-13-17(20(27-21)29-2)15-7-4-3-5-8-15/h3-10,13,16H,11-12,14H2,1-2H3/t16-,22-. The fraction of sp³-hybridized carbons (Fsp3) is 0.318. The highest BCUT2D eigenvalue weighted by atomic mass is 19.1. The Morgan fingerprint density at radius 3 is 2.55 bits per heavy atom. The van der Waals surface area contributed by atoms with Crippen LogP contribution in [-0.4, -0.2) is 41.8 Å². The van der Waals surface area contributed by atoms with Gasteiger partial charge in [-0.05, 0) is 30.5 Å². The fourth-order valence-electron chi connectivity index (χ4n) is 4.00. The molecule has 5 nitrogen and oxygen atoms in total. The van der Waals surface area contributed by atoms with Gasteiger partial charge in [-0.2, -0.15) is 4.98 Å². The van der Waals surface area contributed by atoms with Crippen molar-refractivity contribution in [2.24, 2.45) is 0 Å². The quantitative estimate of drug-likeness (QED) is 0.625. The molecule has 0 amide bonds. The Kier molecular flexibility index (Phi) is 5.13. The monoisotopic (exact) mass is 396 g/mol. The Morgan fingerprint density at radius 2 is 1.90 bits per heavy atom. The molecule has 0 aliphatic heterocycles. The van der Waals surface area contributed by atoms with E-state index in [1.54, 1.807) is 24.4 Å². The predicted octanol–water partition coefficient (Wildman–Crippen LogP) is 4.19. The topological polar surface area (TPSA) is 51.1 Å². The molecule has 150 valence electrons. The number of hydrogen-bond acceptors (Lipinski definition) is 5. The number of anilines is 1. The summed E-state index contributed by atoms with van der Waals surface area (Å²) in [6.45, 7) is 0.356. The highest BCUT2D eigenvalue weighted by Gasteiger charge is 2.49. The Bertz CT molecular complexity index is 993. The second-order valence-corrected chi connectivity index (χ2v) is 7.43. The normalized spacial score (nSPS) is 20.8. The van der Waals surface area contributed by atoms with Crippen molar-refractivity contribution in [3.05, 3.63) is 66.4 Å². The van der Waals surface area contributed by atoms with Gasteiger partial charge in [0.25, 0.3) is 0 Å². The number of ether oxygens (including phenoxy) is 1. The van der Waals surface area contributed by atoms with E-state index in [1.165, 1.54) is 12.1 Å². The summed E-state index contributed by atoms with van der Waals surface area (Å²) in [5.74, 6) is 0.466. The number of alkyl halides is 1. The van der Waals surface area contributed by atoms with Gasteiger partial charge in [0.2, 0.25) is 11.8 Å². The first-order valence-electron chi connectivity index (χ1n) is 9.45. The van der Waals surface area contributed by atoms with Crippen molar-refractivity contribution in [1.29, 1.82) is 0 Å². The Hall–Kier alpha value is -3.09. The molecule has 0 spiro atoms. The van der Waals surface area contributed by atoms with E-state index >= 15 is 0 Å². The molecule has 1 aromatic carbocycles. The van der Waals surface area contributed by atoms with E-state index in [-0.39, 0.29) is 12.8 Å². The maximum atomic E-state index is 14.4. The predicted molar refractivity (Wildman–Crippen MR) is 107 cm³/mol. The average Bonchev–Trinajstić information content (AvgIpc) is 2.73. The van der Waals surface area contributed by atoms with Crippen LogP contribution in [0.25, 0.3) is 11.1 Å². The molecule has 7 heteroatoms. The van der Waals surface area contributed by atoms with E-state index in [0.29, 0.717) is 24.1 Å². The SMILES string of the molecule is COc1nc(N(C)C[C@]2(c3ncccc3F)C[C@H](F)C2)ncc1-c1ccccc1. The van der Waals surface area contributed by atoms with Gasteiger partial charge in [0.05, 0.1) is 18.4 Å². The van der Waals surface area contributed by atoms with Gasteiger partial charge in [-0.3, -0.25) is 4.98 Å². The number of halogens is 2. The van der Waals surface area contributed by atoms with E-state index in [1.807, 2.05) is 37.4 Å². The van der Waals surface area contributed by atoms with Gasteiger partial charge in [-0.15, -0.1) is 0 Å². The first-order chi connectivity index (χ1) is 14.0. The lowest BCUT2D eigenvalue weighted by molar-refractivity contribution is 0.0920. The maximum absolute atomic E-state index is 14.4. The fourth-order valence-corrected chi connectivity index (χ4v) is 4.00. The summed E-state index contributed by atoms with van der Waals surface area (Å²) in [5.41, 5.74) is 1.33. The lowest BCUT2D eigenvalue weighted by atomic mass is 9.64. The molecule has 1 aliphatic rings. The van der Waals surface area contributed by atoms with Crippen molar-refractivity contribution >= 4 is 5.95 Å². The number of nitrogens with zero attached hydrogens (tertiary/aromatic N) is 4. The van der Waals surface area contributed by atoms with E-state index < -0.39 is 17.4 Å². The Morgan fingerprint density at radius 1 is 1.14 bits per heavy atom. The van der Waals surface area contributed by atoms with Crippen molar-refractivity contribution in [1.82, 2.24) is 15.0 Å². The summed E-state index contributed by atoms with van der Waals surface area (Å²) in [4.78, 5) is 15.0. The Balaban J connectivity index is 1.62. The van der Waals surface area contributed by atoms with Gasteiger partial charge in [0, 0.05) is 31.4 Å². The van der Waals surface area contributed by atoms with E-state index in [9.17, 15) is 8.78 Å². The van der Waals surface area contributed by atoms with Crippen molar-refractivity contribution in [3.63, 3.8) is 0 Å². The van der Waals surface area contributed by atoms with Crippen LogP contribution >= 0.6 is 0 Å². The van der Waals surface area contributed by atoms with E-state index in [0.717, 1.165) is 11.1 Å². The molecule has 1 saturated carbocycles. The first kappa shape index (κ1) is 19.2. The van der Waals surface area contributed by atoms with Crippen LogP contribution in [-0.2, 0) is 5.41 Å². The molecule has 0 unspecified atom stereocenters. The largest absolute Gasteiger partial charge is 0.480 e. The second kappa shape index (κ2) is 7.73. The third-order valence-corrected chi connectivity index (χ3v) is 5.39. The van der Waals surface area contributed by atoms with Crippen LogP contribution in [0, 0.1) is 5.82 Å². The van der Waals surface area contributed by atoms with Crippen LogP contribution in [0.15, 0.2) is 54.9 Å². The minimum absolute atomic E-state index is 0.227. The van der Waals surface area contributed by atoms with Gasteiger partial charge >= 0.3 is 0 Å². The summed E-state index contributed by atoms with van der Waals surface area (Å²) < 4.78 is 33.7. The molecule has 0 N–H and O–H groups in total. The maximum Gasteiger partial charge on any atom is 0.228 e. The zero-order valence-corrected chi connectivity index (χ0v) is 16.3. The summed E-state index contributed by atoms with van der Waals surface area (Å²) in [6.07, 6.45) is 2.75. The number of benzene rings is 1. The highest BCUT2D eigenvalue weighted by Crippen LogP contribution is 2.46. The zero-order chi connectivity index (χ0) is 20.4. The van der Waals surface area contributed by atoms with Crippen molar-refractivity contribution in [2.45, 2.75) is 24.4 Å². The van der Waals surface area contributed by atoms with Gasteiger partial charge in [0.1, 0.15) is 12.0 Å². The minimum atomic E-state index is -0.958. The van der Waals surface area contributed by atoms with Crippen molar-refractivity contribution < 1.29 is 13.5 Å². The number of methoxy groups -OCH3 is 1. The van der Waals surface area contributed by atoms with Gasteiger partial charge in [-0.25, -0.2) is 13.8 Å². The lowest BCUT2D eigenvalue weighted by Gasteiger charge is -2.45. The summed E-state index contributed by atoms with van der Waals surface area (Å²) in [7, 11) is 3.37. The number of likely N-dealkylation sites (N-methyl/N-ethyl adjacent to an activating group) is 1. The van der Waals surface area contributed by atoms with Crippen LogP contribution in [0.3, 0.4) is 0 Å². The van der Waals surface area contributed by atoms with E-state index in [4.69, 9.17) is 4.74 Å². The Labute approximate surface area is 168 Å². The summed E-state index contributed by atoms with van der Waals surface area (Å²) >= 11 is 0. The average molecular weight is 396 g/mol. The van der Waals surface area contributed by atoms with Gasteiger partial charge in [0.15, 0.2) is 0 Å². The second-order valence-electron chi connectivity index (χ2n) is 7.43. The molecule has 1 aliphatic carbocycles. The molecular weight excluding hydrogens is 374 g/mol. The third kappa shape index (κ3) is 3.64. The van der Waals surface area contributed by atoms with Crippen molar-refractivity contribution in [2.75, 3.05) is 25.6 Å². The number of hydrogen-bond donors (Lipinski definition) is 0. The molecule has 2 heterocycles. The van der Waals surface area contributed by atoms with Gasteiger partial charge < -0.3 is 9.64 Å². The van der Waals surface area contributed by atoms with Crippen LogP contribution in [0.4, 0.5) is 14.7 Å². The highest BCUT2D eigenvalue weighted by molar-refractivity contribution is 5.68. The molecular formula is C22H22F2N4O. The molecule has 0 radical (unpaired) electrons. The molecule has 0 atom stereocenters. The molecule has 3 aromatic rings.